The molecule has 3 rings (SSSR count). The zero-order chi connectivity index (χ0) is 20.0. The molecule has 3 aromatic rings. The second-order valence-corrected chi connectivity index (χ2v) is 7.51. The van der Waals surface area contributed by atoms with Crippen LogP contribution in [0.2, 0.25) is 0 Å². The highest BCUT2D eigenvalue weighted by Crippen LogP contribution is 2.23. The van der Waals surface area contributed by atoms with Crippen LogP contribution < -0.4 is 10.1 Å². The maximum absolute atomic E-state index is 11.9. The van der Waals surface area contributed by atoms with Crippen molar-refractivity contribution < 1.29 is 14.3 Å². The average molecular weight is 375 g/mol. The van der Waals surface area contributed by atoms with Gasteiger partial charge in [-0.1, -0.05) is 54.6 Å². The highest BCUT2D eigenvalue weighted by atomic mass is 16.6. The van der Waals surface area contributed by atoms with Crippen molar-refractivity contribution in [1.82, 2.24) is 0 Å². The molecule has 0 aromatic heterocycles. The summed E-state index contributed by atoms with van der Waals surface area (Å²) in [5.74, 6) is 0.796. The lowest BCUT2D eigenvalue weighted by Gasteiger charge is -2.19. The normalized spacial score (nSPS) is 11.0. The monoisotopic (exact) mass is 375 g/mol. The fourth-order valence-corrected chi connectivity index (χ4v) is 2.70. The summed E-state index contributed by atoms with van der Waals surface area (Å²) in [6.45, 7) is 5.91. The van der Waals surface area contributed by atoms with Crippen LogP contribution in [0.15, 0.2) is 78.9 Å². The topological polar surface area (TPSA) is 47.6 Å². The van der Waals surface area contributed by atoms with Gasteiger partial charge in [-0.25, -0.2) is 4.79 Å². The summed E-state index contributed by atoms with van der Waals surface area (Å²) in [7, 11) is 0. The lowest BCUT2D eigenvalue weighted by Crippen LogP contribution is -2.27. The van der Waals surface area contributed by atoms with Crippen molar-refractivity contribution in [3.8, 4) is 16.9 Å². The van der Waals surface area contributed by atoms with Crippen LogP contribution in [0.5, 0.6) is 5.75 Å². The first-order valence-electron chi connectivity index (χ1n) is 9.26. The van der Waals surface area contributed by atoms with E-state index in [1.165, 1.54) is 5.56 Å². The third kappa shape index (κ3) is 5.88. The van der Waals surface area contributed by atoms with Crippen LogP contribution in [0.25, 0.3) is 11.1 Å². The van der Waals surface area contributed by atoms with Gasteiger partial charge in [0.15, 0.2) is 0 Å². The molecular formula is C24H25NO3. The molecule has 1 amide bonds. The molecule has 4 heteroatoms. The van der Waals surface area contributed by atoms with E-state index < -0.39 is 11.7 Å². The fourth-order valence-electron chi connectivity index (χ4n) is 2.70. The maximum atomic E-state index is 11.9. The smallest absolute Gasteiger partial charge is 0.412 e. The minimum atomic E-state index is -0.531. The van der Waals surface area contributed by atoms with E-state index in [9.17, 15) is 4.79 Å². The Labute approximate surface area is 166 Å². The Bertz CT molecular complexity index is 913. The SMILES string of the molecule is CC(C)(C)OC(=O)Nc1cccc(COc2ccc(-c3ccccc3)cc2)c1. The van der Waals surface area contributed by atoms with E-state index in [2.05, 4.69) is 17.4 Å². The van der Waals surface area contributed by atoms with Gasteiger partial charge in [0.1, 0.15) is 18.0 Å². The first-order valence-corrected chi connectivity index (χ1v) is 9.26. The standard InChI is InChI=1S/C24H25NO3/c1-24(2,3)28-23(26)25-21-11-7-8-18(16-21)17-27-22-14-12-20(13-15-22)19-9-5-4-6-10-19/h4-16H,17H2,1-3H3,(H,25,26). The molecule has 0 atom stereocenters. The van der Waals surface area contributed by atoms with Gasteiger partial charge in [-0.3, -0.25) is 5.32 Å². The number of anilines is 1. The molecule has 0 aliphatic heterocycles. The summed E-state index contributed by atoms with van der Waals surface area (Å²) < 4.78 is 11.2. The Morgan fingerprint density at radius 3 is 2.21 bits per heavy atom. The van der Waals surface area contributed by atoms with Crippen molar-refractivity contribution in [1.29, 1.82) is 0 Å². The van der Waals surface area contributed by atoms with Gasteiger partial charge in [0.25, 0.3) is 0 Å². The van der Waals surface area contributed by atoms with Gasteiger partial charge < -0.3 is 9.47 Å². The van der Waals surface area contributed by atoms with E-state index in [4.69, 9.17) is 9.47 Å². The number of benzene rings is 3. The van der Waals surface area contributed by atoms with Crippen LogP contribution in [0.4, 0.5) is 10.5 Å². The predicted molar refractivity (Wildman–Crippen MR) is 113 cm³/mol. The van der Waals surface area contributed by atoms with Gasteiger partial charge in [-0.2, -0.15) is 0 Å². The van der Waals surface area contributed by atoms with Gasteiger partial charge in [-0.05, 0) is 61.7 Å². The third-order valence-electron chi connectivity index (χ3n) is 3.94. The summed E-state index contributed by atoms with van der Waals surface area (Å²) in [5.41, 5.74) is 3.43. The van der Waals surface area contributed by atoms with Crippen LogP contribution >= 0.6 is 0 Å². The van der Waals surface area contributed by atoms with E-state index in [-0.39, 0.29) is 0 Å². The summed E-state index contributed by atoms with van der Waals surface area (Å²) >= 11 is 0. The molecule has 0 unspecified atom stereocenters. The molecule has 28 heavy (non-hydrogen) atoms. The first kappa shape index (κ1) is 19.5. The van der Waals surface area contributed by atoms with Crippen LogP contribution in [0.1, 0.15) is 26.3 Å². The first-order chi connectivity index (χ1) is 13.4. The second kappa shape index (κ2) is 8.61. The largest absolute Gasteiger partial charge is 0.489 e. The van der Waals surface area contributed by atoms with Crippen LogP contribution in [-0.2, 0) is 11.3 Å². The molecule has 1 N–H and O–H groups in total. The molecule has 144 valence electrons. The van der Waals surface area contributed by atoms with E-state index in [0.29, 0.717) is 12.3 Å². The summed E-state index contributed by atoms with van der Waals surface area (Å²) in [6, 6.07) is 25.8. The second-order valence-electron chi connectivity index (χ2n) is 7.51. The molecule has 0 aliphatic rings. The minimum absolute atomic E-state index is 0.411. The van der Waals surface area contributed by atoms with Gasteiger partial charge in [-0.15, -0.1) is 0 Å². The molecule has 4 nitrogen and oxygen atoms in total. The number of carbonyl (C=O) groups is 1. The molecule has 0 spiro atoms. The minimum Gasteiger partial charge on any atom is -0.489 e. The van der Waals surface area contributed by atoms with Gasteiger partial charge >= 0.3 is 6.09 Å². The summed E-state index contributed by atoms with van der Waals surface area (Å²) in [5, 5.41) is 2.75. The van der Waals surface area contributed by atoms with Crippen LogP contribution in [0.3, 0.4) is 0 Å². The molecule has 0 heterocycles. The summed E-state index contributed by atoms with van der Waals surface area (Å²) in [6.07, 6.45) is -0.470. The van der Waals surface area contributed by atoms with Crippen molar-refractivity contribution in [2.75, 3.05) is 5.32 Å². The fraction of sp³-hybridized carbons (Fsp3) is 0.208. The molecule has 0 saturated carbocycles. The van der Waals surface area contributed by atoms with Crippen molar-refractivity contribution in [2.45, 2.75) is 33.0 Å². The van der Waals surface area contributed by atoms with E-state index in [0.717, 1.165) is 16.9 Å². The molecule has 0 radical (unpaired) electrons. The van der Waals surface area contributed by atoms with Crippen molar-refractivity contribution in [3.05, 3.63) is 84.4 Å². The average Bonchev–Trinajstić information content (AvgIpc) is 2.66. The zero-order valence-electron chi connectivity index (χ0n) is 16.4. The Morgan fingerprint density at radius 2 is 1.54 bits per heavy atom. The number of ether oxygens (including phenoxy) is 2. The number of hydrogen-bond acceptors (Lipinski definition) is 3. The Balaban J connectivity index is 1.58. The van der Waals surface area contributed by atoms with E-state index in [1.807, 2.05) is 87.5 Å². The molecule has 3 aromatic carbocycles. The predicted octanol–water partition coefficient (Wildman–Crippen LogP) is 6.28. The van der Waals surface area contributed by atoms with Crippen LogP contribution in [-0.4, -0.2) is 11.7 Å². The number of hydrogen-bond donors (Lipinski definition) is 1. The maximum Gasteiger partial charge on any atom is 0.412 e. The lowest BCUT2D eigenvalue weighted by atomic mass is 10.1. The molecule has 0 fully saturated rings. The highest BCUT2D eigenvalue weighted by Gasteiger charge is 2.16. The van der Waals surface area contributed by atoms with E-state index >= 15 is 0 Å². The quantitative estimate of drug-likeness (QED) is 0.571. The third-order valence-corrected chi connectivity index (χ3v) is 3.94. The zero-order valence-corrected chi connectivity index (χ0v) is 16.4. The molecule has 0 bridgehead atoms. The Kier molecular flexibility index (Phi) is 5.99. The van der Waals surface area contributed by atoms with Crippen molar-refractivity contribution in [3.63, 3.8) is 0 Å². The summed E-state index contributed by atoms with van der Waals surface area (Å²) in [4.78, 5) is 11.9. The highest BCUT2D eigenvalue weighted by molar-refractivity contribution is 5.84. The number of carbonyl (C=O) groups excluding carboxylic acids is 1. The van der Waals surface area contributed by atoms with Gasteiger partial charge in [0, 0.05) is 5.69 Å². The van der Waals surface area contributed by atoms with Gasteiger partial charge in [0.05, 0.1) is 0 Å². The van der Waals surface area contributed by atoms with Crippen molar-refractivity contribution in [2.24, 2.45) is 0 Å². The Hall–Kier alpha value is -3.27. The number of nitrogens with one attached hydrogen (secondary N) is 1. The number of rotatable bonds is 5. The molecule has 0 aliphatic carbocycles. The van der Waals surface area contributed by atoms with E-state index in [1.54, 1.807) is 0 Å². The molecule has 0 saturated heterocycles. The Morgan fingerprint density at radius 1 is 0.857 bits per heavy atom. The molecular weight excluding hydrogens is 350 g/mol. The number of amides is 1. The van der Waals surface area contributed by atoms with Crippen LogP contribution in [0, 0.1) is 0 Å². The van der Waals surface area contributed by atoms with Gasteiger partial charge in [0.2, 0.25) is 0 Å². The lowest BCUT2D eigenvalue weighted by molar-refractivity contribution is 0.0636. The van der Waals surface area contributed by atoms with Crippen molar-refractivity contribution >= 4 is 11.8 Å².